The maximum absolute atomic E-state index is 10.8. The van der Waals surface area contributed by atoms with Crippen LogP contribution in [0.4, 0.5) is 0 Å². The SMILES string of the molecule is COc1ccc(CC(C)N(CCC(=O)O)C2CC2)cc1. The average Bonchev–Trinajstić information content (AvgIpc) is 3.24. The van der Waals surface area contributed by atoms with Crippen molar-refractivity contribution in [3.05, 3.63) is 29.8 Å². The van der Waals surface area contributed by atoms with Crippen LogP contribution in [-0.4, -0.2) is 41.7 Å². The molecule has 0 bridgehead atoms. The summed E-state index contributed by atoms with van der Waals surface area (Å²) in [5.41, 5.74) is 1.26. The van der Waals surface area contributed by atoms with Gasteiger partial charge < -0.3 is 9.84 Å². The summed E-state index contributed by atoms with van der Waals surface area (Å²) in [6.07, 6.45) is 3.57. The fourth-order valence-corrected chi connectivity index (χ4v) is 2.61. The van der Waals surface area contributed by atoms with E-state index in [-0.39, 0.29) is 6.42 Å². The van der Waals surface area contributed by atoms with E-state index in [1.807, 2.05) is 12.1 Å². The largest absolute Gasteiger partial charge is 0.497 e. The van der Waals surface area contributed by atoms with Gasteiger partial charge in [0.15, 0.2) is 0 Å². The predicted octanol–water partition coefficient (Wildman–Crippen LogP) is 2.57. The summed E-state index contributed by atoms with van der Waals surface area (Å²) in [6.45, 7) is 2.84. The quantitative estimate of drug-likeness (QED) is 0.793. The Morgan fingerprint density at radius 3 is 2.55 bits per heavy atom. The number of aliphatic carboxylic acids is 1. The number of ether oxygens (including phenoxy) is 1. The molecule has 1 unspecified atom stereocenters. The number of hydrogen-bond donors (Lipinski definition) is 1. The summed E-state index contributed by atoms with van der Waals surface area (Å²) in [4.78, 5) is 13.1. The van der Waals surface area contributed by atoms with Crippen LogP contribution >= 0.6 is 0 Å². The molecule has 1 aliphatic carbocycles. The first-order valence-corrected chi connectivity index (χ1v) is 7.20. The van der Waals surface area contributed by atoms with Crippen molar-refractivity contribution in [2.75, 3.05) is 13.7 Å². The summed E-state index contributed by atoms with van der Waals surface area (Å²) in [6, 6.07) is 9.06. The number of carboxylic acids is 1. The number of carbonyl (C=O) groups is 1. The van der Waals surface area contributed by atoms with Gasteiger partial charge in [-0.05, 0) is 43.9 Å². The standard InChI is InChI=1S/C16H23NO3/c1-12(11-13-3-7-15(20-2)8-4-13)17(14-5-6-14)10-9-16(18)19/h3-4,7-8,12,14H,5-6,9-11H2,1-2H3,(H,18,19). The lowest BCUT2D eigenvalue weighted by molar-refractivity contribution is -0.137. The highest BCUT2D eigenvalue weighted by Crippen LogP contribution is 2.29. The number of hydrogen-bond acceptors (Lipinski definition) is 3. The van der Waals surface area contributed by atoms with Crippen LogP contribution in [0.5, 0.6) is 5.75 Å². The van der Waals surface area contributed by atoms with Gasteiger partial charge in [-0.3, -0.25) is 9.69 Å². The van der Waals surface area contributed by atoms with Gasteiger partial charge in [-0.1, -0.05) is 12.1 Å². The molecule has 20 heavy (non-hydrogen) atoms. The van der Waals surface area contributed by atoms with E-state index in [4.69, 9.17) is 9.84 Å². The molecule has 1 aliphatic rings. The zero-order chi connectivity index (χ0) is 14.5. The lowest BCUT2D eigenvalue weighted by atomic mass is 10.1. The fraction of sp³-hybridized carbons (Fsp3) is 0.562. The lowest BCUT2D eigenvalue weighted by Crippen LogP contribution is -2.38. The minimum Gasteiger partial charge on any atom is -0.497 e. The molecule has 1 aromatic rings. The number of benzene rings is 1. The minimum absolute atomic E-state index is 0.226. The van der Waals surface area contributed by atoms with Crippen molar-refractivity contribution in [1.29, 1.82) is 0 Å². The zero-order valence-corrected chi connectivity index (χ0v) is 12.2. The maximum Gasteiger partial charge on any atom is 0.304 e. The highest BCUT2D eigenvalue weighted by Gasteiger charge is 2.32. The third-order valence-corrected chi connectivity index (χ3v) is 3.86. The second kappa shape index (κ2) is 6.75. The monoisotopic (exact) mass is 277 g/mol. The highest BCUT2D eigenvalue weighted by atomic mass is 16.5. The van der Waals surface area contributed by atoms with Crippen molar-refractivity contribution in [2.24, 2.45) is 0 Å². The minimum atomic E-state index is -0.715. The molecule has 0 spiro atoms. The van der Waals surface area contributed by atoms with Gasteiger partial charge >= 0.3 is 5.97 Å². The Bertz CT molecular complexity index is 440. The van der Waals surface area contributed by atoms with E-state index < -0.39 is 5.97 Å². The van der Waals surface area contributed by atoms with Crippen molar-refractivity contribution < 1.29 is 14.6 Å². The molecule has 1 aromatic carbocycles. The van der Waals surface area contributed by atoms with Crippen LogP contribution < -0.4 is 4.74 Å². The molecule has 1 atom stereocenters. The molecular weight excluding hydrogens is 254 g/mol. The summed E-state index contributed by atoms with van der Waals surface area (Å²) < 4.78 is 5.16. The molecule has 1 N–H and O–H groups in total. The van der Waals surface area contributed by atoms with Gasteiger partial charge in [-0.2, -0.15) is 0 Å². The molecule has 1 saturated carbocycles. The number of rotatable bonds is 8. The molecule has 1 fully saturated rings. The van der Waals surface area contributed by atoms with E-state index in [0.29, 0.717) is 18.6 Å². The van der Waals surface area contributed by atoms with Crippen LogP contribution in [0.2, 0.25) is 0 Å². The van der Waals surface area contributed by atoms with Gasteiger partial charge in [0.1, 0.15) is 5.75 Å². The average molecular weight is 277 g/mol. The van der Waals surface area contributed by atoms with E-state index in [1.54, 1.807) is 7.11 Å². The van der Waals surface area contributed by atoms with Crippen molar-refractivity contribution >= 4 is 5.97 Å². The molecule has 110 valence electrons. The summed E-state index contributed by atoms with van der Waals surface area (Å²) in [5, 5.41) is 8.85. The van der Waals surface area contributed by atoms with Gasteiger partial charge in [-0.15, -0.1) is 0 Å². The molecule has 0 saturated heterocycles. The Morgan fingerprint density at radius 1 is 1.40 bits per heavy atom. The third kappa shape index (κ3) is 4.23. The molecular formula is C16H23NO3. The lowest BCUT2D eigenvalue weighted by Gasteiger charge is -2.28. The van der Waals surface area contributed by atoms with Gasteiger partial charge in [0.2, 0.25) is 0 Å². The molecule has 4 nitrogen and oxygen atoms in total. The van der Waals surface area contributed by atoms with Crippen molar-refractivity contribution in [3.8, 4) is 5.75 Å². The zero-order valence-electron chi connectivity index (χ0n) is 12.2. The number of nitrogens with zero attached hydrogens (tertiary/aromatic N) is 1. The van der Waals surface area contributed by atoms with Gasteiger partial charge in [-0.25, -0.2) is 0 Å². The molecule has 0 aliphatic heterocycles. The first-order valence-electron chi connectivity index (χ1n) is 7.20. The normalized spacial score (nSPS) is 16.1. The van der Waals surface area contributed by atoms with Crippen molar-refractivity contribution in [1.82, 2.24) is 4.90 Å². The van der Waals surface area contributed by atoms with Crippen LogP contribution in [0.3, 0.4) is 0 Å². The molecule has 0 amide bonds. The third-order valence-electron chi connectivity index (χ3n) is 3.86. The smallest absolute Gasteiger partial charge is 0.304 e. The van der Waals surface area contributed by atoms with E-state index >= 15 is 0 Å². The predicted molar refractivity (Wildman–Crippen MR) is 78.1 cm³/mol. The van der Waals surface area contributed by atoms with E-state index in [0.717, 1.165) is 12.2 Å². The van der Waals surface area contributed by atoms with Crippen molar-refractivity contribution in [3.63, 3.8) is 0 Å². The molecule has 4 heteroatoms. The second-order valence-electron chi connectivity index (χ2n) is 5.51. The van der Waals surface area contributed by atoms with Crippen LogP contribution in [0, 0.1) is 0 Å². The summed E-state index contributed by atoms with van der Waals surface area (Å²) in [7, 11) is 1.67. The van der Waals surface area contributed by atoms with Crippen LogP contribution in [-0.2, 0) is 11.2 Å². The molecule has 0 aromatic heterocycles. The highest BCUT2D eigenvalue weighted by molar-refractivity contribution is 5.66. The van der Waals surface area contributed by atoms with Crippen LogP contribution in [0.25, 0.3) is 0 Å². The second-order valence-corrected chi connectivity index (χ2v) is 5.51. The Hall–Kier alpha value is -1.55. The Labute approximate surface area is 120 Å². The molecule has 0 radical (unpaired) electrons. The number of carboxylic acid groups (broad SMARTS) is 1. The Kier molecular flexibility index (Phi) is 5.01. The molecule has 2 rings (SSSR count). The maximum atomic E-state index is 10.8. The first kappa shape index (κ1) is 14.9. The van der Waals surface area contributed by atoms with Crippen molar-refractivity contribution in [2.45, 2.75) is 44.7 Å². The first-order chi connectivity index (χ1) is 9.60. The summed E-state index contributed by atoms with van der Waals surface area (Å²) >= 11 is 0. The van der Waals surface area contributed by atoms with Gasteiger partial charge in [0.25, 0.3) is 0 Å². The van der Waals surface area contributed by atoms with Gasteiger partial charge in [0, 0.05) is 18.6 Å². The van der Waals surface area contributed by atoms with E-state index in [2.05, 4.69) is 24.0 Å². The topological polar surface area (TPSA) is 49.8 Å². The summed E-state index contributed by atoms with van der Waals surface area (Å²) in [5.74, 6) is 0.152. The van der Waals surface area contributed by atoms with Gasteiger partial charge in [0.05, 0.1) is 13.5 Å². The van der Waals surface area contributed by atoms with E-state index in [9.17, 15) is 4.79 Å². The van der Waals surface area contributed by atoms with Crippen LogP contribution in [0.1, 0.15) is 31.7 Å². The van der Waals surface area contributed by atoms with E-state index in [1.165, 1.54) is 18.4 Å². The van der Waals surface area contributed by atoms with Crippen LogP contribution in [0.15, 0.2) is 24.3 Å². The fourth-order valence-electron chi connectivity index (χ4n) is 2.61. The Morgan fingerprint density at radius 2 is 2.05 bits per heavy atom. The number of methoxy groups -OCH3 is 1. The molecule has 0 heterocycles. The Balaban J connectivity index is 1.92.